The number of sulfonamides is 1. The van der Waals surface area contributed by atoms with Crippen molar-refractivity contribution in [2.24, 2.45) is 5.14 Å². The van der Waals surface area contributed by atoms with Crippen LogP contribution in [0.1, 0.15) is 16.6 Å². The van der Waals surface area contributed by atoms with E-state index in [0.29, 0.717) is 11.1 Å². The van der Waals surface area contributed by atoms with Crippen molar-refractivity contribution in [1.82, 2.24) is 0 Å². The van der Waals surface area contributed by atoms with Crippen LogP contribution in [0.4, 0.5) is 10.1 Å². The summed E-state index contributed by atoms with van der Waals surface area (Å²) in [6, 6.07) is 10.9. The molecule has 1 heterocycles. The van der Waals surface area contributed by atoms with E-state index in [2.05, 4.69) is 5.32 Å². The first-order valence-corrected chi connectivity index (χ1v) is 10.3. The van der Waals surface area contributed by atoms with Gasteiger partial charge in [-0.05, 0) is 60.8 Å². The third-order valence-electron chi connectivity index (χ3n) is 3.78. The van der Waals surface area contributed by atoms with Crippen molar-refractivity contribution in [3.8, 4) is 0 Å². The van der Waals surface area contributed by atoms with Crippen molar-refractivity contribution in [2.75, 3.05) is 5.32 Å². The summed E-state index contributed by atoms with van der Waals surface area (Å²) in [5.74, 6) is -1.70. The SMILES string of the molecule is CC(OC(=O)c1cc2cc(F)ccc2s1)C(=O)Nc1ccc(S(N)(=O)=O)cc1. The van der Waals surface area contributed by atoms with Crippen LogP contribution in [0.2, 0.25) is 0 Å². The van der Waals surface area contributed by atoms with E-state index < -0.39 is 33.8 Å². The van der Waals surface area contributed by atoms with Crippen molar-refractivity contribution < 1.29 is 27.1 Å². The zero-order valence-electron chi connectivity index (χ0n) is 14.5. The van der Waals surface area contributed by atoms with E-state index in [0.717, 1.165) is 16.0 Å². The molecule has 0 bridgehead atoms. The smallest absolute Gasteiger partial charge is 0.349 e. The van der Waals surface area contributed by atoms with E-state index >= 15 is 0 Å². The maximum absolute atomic E-state index is 13.3. The predicted molar refractivity (Wildman–Crippen MR) is 103 cm³/mol. The van der Waals surface area contributed by atoms with Crippen molar-refractivity contribution in [1.29, 1.82) is 0 Å². The van der Waals surface area contributed by atoms with Crippen LogP contribution in [0.3, 0.4) is 0 Å². The molecule has 3 aromatic rings. The minimum Gasteiger partial charge on any atom is -0.448 e. The molecule has 0 spiro atoms. The molecule has 1 aromatic heterocycles. The number of carbonyl (C=O) groups excluding carboxylic acids is 2. The van der Waals surface area contributed by atoms with E-state index in [-0.39, 0.29) is 9.77 Å². The normalized spacial score (nSPS) is 12.5. The molecular weight excluding hydrogens is 407 g/mol. The summed E-state index contributed by atoms with van der Waals surface area (Å²) in [6.45, 7) is 1.40. The maximum atomic E-state index is 13.3. The van der Waals surface area contributed by atoms with Gasteiger partial charge in [-0.2, -0.15) is 0 Å². The van der Waals surface area contributed by atoms with Crippen LogP contribution < -0.4 is 10.5 Å². The van der Waals surface area contributed by atoms with Crippen LogP contribution in [-0.2, 0) is 19.6 Å². The minimum atomic E-state index is -3.83. The number of hydrogen-bond acceptors (Lipinski definition) is 6. The van der Waals surface area contributed by atoms with Crippen molar-refractivity contribution >= 4 is 49.0 Å². The fraction of sp³-hybridized carbons (Fsp3) is 0.111. The second-order valence-corrected chi connectivity index (χ2v) is 8.54. The lowest BCUT2D eigenvalue weighted by atomic mass is 10.2. The van der Waals surface area contributed by atoms with Crippen LogP contribution in [0.25, 0.3) is 10.1 Å². The van der Waals surface area contributed by atoms with E-state index in [9.17, 15) is 22.4 Å². The monoisotopic (exact) mass is 422 g/mol. The van der Waals surface area contributed by atoms with E-state index in [1.165, 1.54) is 49.4 Å². The number of ether oxygens (including phenoxy) is 1. The Hall–Kier alpha value is -2.82. The highest BCUT2D eigenvalue weighted by Gasteiger charge is 2.21. The van der Waals surface area contributed by atoms with Gasteiger partial charge in [0.15, 0.2) is 6.10 Å². The molecule has 0 fully saturated rings. The highest BCUT2D eigenvalue weighted by Crippen LogP contribution is 2.27. The molecular formula is C18H15FN2O5S2. The Morgan fingerprint density at radius 2 is 1.82 bits per heavy atom. The molecule has 0 aliphatic heterocycles. The molecule has 0 aliphatic carbocycles. The van der Waals surface area contributed by atoms with Gasteiger partial charge in [-0.25, -0.2) is 22.7 Å². The molecule has 10 heteroatoms. The number of amides is 1. The van der Waals surface area contributed by atoms with Gasteiger partial charge in [-0.1, -0.05) is 0 Å². The molecule has 2 aromatic carbocycles. The Kier molecular flexibility index (Phi) is 5.45. The lowest BCUT2D eigenvalue weighted by Crippen LogP contribution is -2.29. The number of hydrogen-bond donors (Lipinski definition) is 2. The lowest BCUT2D eigenvalue weighted by molar-refractivity contribution is -0.123. The number of nitrogens with two attached hydrogens (primary N) is 1. The summed E-state index contributed by atoms with van der Waals surface area (Å²) < 4.78 is 41.6. The summed E-state index contributed by atoms with van der Waals surface area (Å²) in [7, 11) is -3.83. The van der Waals surface area contributed by atoms with Crippen LogP contribution in [-0.4, -0.2) is 26.4 Å². The quantitative estimate of drug-likeness (QED) is 0.614. The van der Waals surface area contributed by atoms with Gasteiger partial charge in [-0.15, -0.1) is 11.3 Å². The van der Waals surface area contributed by atoms with Gasteiger partial charge in [-0.3, -0.25) is 4.79 Å². The molecule has 1 unspecified atom stereocenters. The second-order valence-electron chi connectivity index (χ2n) is 5.90. The topological polar surface area (TPSA) is 116 Å². The van der Waals surface area contributed by atoms with Crippen LogP contribution in [0.15, 0.2) is 53.4 Å². The van der Waals surface area contributed by atoms with Gasteiger partial charge >= 0.3 is 5.97 Å². The van der Waals surface area contributed by atoms with Gasteiger partial charge < -0.3 is 10.1 Å². The highest BCUT2D eigenvalue weighted by atomic mass is 32.2. The number of primary sulfonamides is 1. The Labute approximate surface area is 164 Å². The molecule has 7 nitrogen and oxygen atoms in total. The molecule has 1 amide bonds. The first kappa shape index (κ1) is 19.9. The molecule has 28 heavy (non-hydrogen) atoms. The number of thiophene rings is 1. The molecule has 146 valence electrons. The Morgan fingerprint density at radius 3 is 2.46 bits per heavy atom. The largest absolute Gasteiger partial charge is 0.448 e. The van der Waals surface area contributed by atoms with Crippen molar-refractivity contribution in [3.63, 3.8) is 0 Å². The van der Waals surface area contributed by atoms with Gasteiger partial charge in [0.2, 0.25) is 10.0 Å². The molecule has 0 radical (unpaired) electrons. The molecule has 0 saturated carbocycles. The third-order valence-corrected chi connectivity index (χ3v) is 5.81. The van der Waals surface area contributed by atoms with E-state index in [1.54, 1.807) is 6.07 Å². The Morgan fingerprint density at radius 1 is 1.14 bits per heavy atom. The fourth-order valence-electron chi connectivity index (χ4n) is 2.36. The number of carbonyl (C=O) groups is 2. The summed E-state index contributed by atoms with van der Waals surface area (Å²) in [6.07, 6.45) is -1.10. The molecule has 3 N–H and O–H groups in total. The van der Waals surface area contributed by atoms with Crippen LogP contribution in [0.5, 0.6) is 0 Å². The number of esters is 1. The van der Waals surface area contributed by atoms with Gasteiger partial charge in [0.05, 0.1) is 4.90 Å². The lowest BCUT2D eigenvalue weighted by Gasteiger charge is -2.13. The number of fused-ring (bicyclic) bond motifs is 1. The van der Waals surface area contributed by atoms with E-state index in [4.69, 9.17) is 9.88 Å². The molecule has 1 atom stereocenters. The zero-order valence-corrected chi connectivity index (χ0v) is 16.1. The van der Waals surface area contributed by atoms with Gasteiger partial charge in [0.1, 0.15) is 10.7 Å². The van der Waals surface area contributed by atoms with E-state index in [1.807, 2.05) is 0 Å². The second kappa shape index (κ2) is 7.66. The first-order valence-electron chi connectivity index (χ1n) is 7.97. The summed E-state index contributed by atoms with van der Waals surface area (Å²) in [5, 5.41) is 8.10. The Bertz CT molecular complexity index is 1160. The fourth-order valence-corrected chi connectivity index (χ4v) is 3.80. The summed E-state index contributed by atoms with van der Waals surface area (Å²) >= 11 is 1.13. The Balaban J connectivity index is 1.65. The molecule has 0 saturated heterocycles. The highest BCUT2D eigenvalue weighted by molar-refractivity contribution is 7.89. The number of benzene rings is 2. The number of nitrogens with one attached hydrogen (secondary N) is 1. The standard InChI is InChI=1S/C18H15FN2O5S2/c1-10(17(22)21-13-3-5-14(6-4-13)28(20,24)25)26-18(23)16-9-11-8-12(19)2-7-15(11)27-16/h2-10H,1H3,(H,21,22)(H2,20,24,25). The molecule has 0 aliphatic rings. The number of rotatable bonds is 5. The number of anilines is 1. The van der Waals surface area contributed by atoms with Crippen molar-refractivity contribution in [3.05, 3.63) is 59.2 Å². The molecule has 3 rings (SSSR count). The average Bonchev–Trinajstić information content (AvgIpc) is 3.04. The number of halogens is 1. The van der Waals surface area contributed by atoms with Gasteiger partial charge in [0.25, 0.3) is 5.91 Å². The minimum absolute atomic E-state index is 0.0915. The third kappa shape index (κ3) is 4.53. The van der Waals surface area contributed by atoms with Crippen LogP contribution in [0, 0.1) is 5.82 Å². The first-order chi connectivity index (χ1) is 13.1. The zero-order chi connectivity index (χ0) is 20.5. The summed E-state index contributed by atoms with van der Waals surface area (Å²) in [4.78, 5) is 24.6. The maximum Gasteiger partial charge on any atom is 0.349 e. The van der Waals surface area contributed by atoms with Crippen LogP contribution >= 0.6 is 11.3 Å². The van der Waals surface area contributed by atoms with Gasteiger partial charge in [0, 0.05) is 10.4 Å². The average molecular weight is 422 g/mol. The predicted octanol–water partition coefficient (Wildman–Crippen LogP) is 2.87. The summed E-state index contributed by atoms with van der Waals surface area (Å²) in [5.41, 5.74) is 0.317. The van der Waals surface area contributed by atoms with Crippen molar-refractivity contribution in [2.45, 2.75) is 17.9 Å².